The SMILES string of the molecule is CC(C)(O)C(O)Cc1cccc(C(F)(F)F)c1. The van der Waals surface area contributed by atoms with E-state index in [1.807, 2.05) is 0 Å². The predicted molar refractivity (Wildman–Crippen MR) is 57.5 cm³/mol. The minimum absolute atomic E-state index is 0.0204. The smallest absolute Gasteiger partial charge is 0.390 e. The van der Waals surface area contributed by atoms with E-state index in [1.54, 1.807) is 0 Å². The zero-order valence-corrected chi connectivity index (χ0v) is 9.62. The number of halogens is 3. The molecule has 0 heterocycles. The lowest BCUT2D eigenvalue weighted by Crippen LogP contribution is -2.37. The maximum absolute atomic E-state index is 12.4. The Hall–Kier alpha value is -1.07. The summed E-state index contributed by atoms with van der Waals surface area (Å²) < 4.78 is 37.3. The van der Waals surface area contributed by atoms with E-state index in [4.69, 9.17) is 0 Å². The van der Waals surface area contributed by atoms with E-state index in [2.05, 4.69) is 0 Å². The average Bonchev–Trinajstić information content (AvgIpc) is 2.15. The molecule has 0 saturated carbocycles. The molecule has 96 valence electrons. The Kier molecular flexibility index (Phi) is 3.84. The fraction of sp³-hybridized carbons (Fsp3) is 0.500. The summed E-state index contributed by atoms with van der Waals surface area (Å²) in [6.45, 7) is 2.82. The molecule has 0 fully saturated rings. The monoisotopic (exact) mass is 248 g/mol. The highest BCUT2D eigenvalue weighted by Gasteiger charge is 2.31. The van der Waals surface area contributed by atoms with Crippen LogP contribution in [0.4, 0.5) is 13.2 Å². The van der Waals surface area contributed by atoms with Crippen LogP contribution in [-0.2, 0) is 12.6 Å². The normalized spacial score (nSPS) is 14.8. The summed E-state index contributed by atoms with van der Waals surface area (Å²) in [5.41, 5.74) is -1.75. The Bertz CT molecular complexity index is 380. The molecule has 1 atom stereocenters. The van der Waals surface area contributed by atoms with Gasteiger partial charge in [0.25, 0.3) is 0 Å². The first-order valence-electron chi connectivity index (χ1n) is 5.17. The Morgan fingerprint density at radius 3 is 2.29 bits per heavy atom. The summed E-state index contributed by atoms with van der Waals surface area (Å²) in [6.07, 6.45) is -5.52. The molecule has 0 saturated heterocycles. The standard InChI is InChI=1S/C12H15F3O2/c1-11(2,17)10(16)7-8-4-3-5-9(6-8)12(13,14)15/h3-6,10,16-17H,7H2,1-2H3. The number of aliphatic hydroxyl groups is 2. The van der Waals surface area contributed by atoms with Crippen LogP contribution in [0.1, 0.15) is 25.0 Å². The van der Waals surface area contributed by atoms with Crippen molar-refractivity contribution in [1.82, 2.24) is 0 Å². The van der Waals surface area contributed by atoms with Gasteiger partial charge < -0.3 is 10.2 Å². The molecule has 5 heteroatoms. The molecule has 0 aliphatic rings. The second-order valence-electron chi connectivity index (χ2n) is 4.57. The maximum Gasteiger partial charge on any atom is 0.416 e. The molecule has 2 N–H and O–H groups in total. The van der Waals surface area contributed by atoms with E-state index < -0.39 is 23.4 Å². The first kappa shape index (κ1) is 14.0. The Balaban J connectivity index is 2.87. The summed E-state index contributed by atoms with van der Waals surface area (Å²) in [6, 6.07) is 4.73. The number of hydrogen-bond acceptors (Lipinski definition) is 2. The zero-order chi connectivity index (χ0) is 13.3. The van der Waals surface area contributed by atoms with Gasteiger partial charge in [0.15, 0.2) is 0 Å². The number of alkyl halides is 3. The van der Waals surface area contributed by atoms with Gasteiger partial charge in [0.05, 0.1) is 17.3 Å². The highest BCUT2D eigenvalue weighted by atomic mass is 19.4. The number of benzene rings is 1. The molecular formula is C12H15F3O2. The van der Waals surface area contributed by atoms with Crippen molar-refractivity contribution in [2.45, 2.75) is 38.1 Å². The van der Waals surface area contributed by atoms with E-state index >= 15 is 0 Å². The second kappa shape index (κ2) is 4.66. The van der Waals surface area contributed by atoms with E-state index in [0.29, 0.717) is 5.56 Å². The van der Waals surface area contributed by atoms with Gasteiger partial charge >= 0.3 is 6.18 Å². The highest BCUT2D eigenvalue weighted by Crippen LogP contribution is 2.30. The molecule has 0 aromatic heterocycles. The fourth-order valence-corrected chi connectivity index (χ4v) is 1.35. The van der Waals surface area contributed by atoms with E-state index in [1.165, 1.54) is 26.0 Å². The molecule has 1 rings (SSSR count). The second-order valence-corrected chi connectivity index (χ2v) is 4.57. The van der Waals surface area contributed by atoms with Crippen LogP contribution in [0.15, 0.2) is 24.3 Å². The fourth-order valence-electron chi connectivity index (χ4n) is 1.35. The minimum atomic E-state index is -4.39. The van der Waals surface area contributed by atoms with Gasteiger partial charge in [-0.05, 0) is 25.5 Å². The molecule has 2 nitrogen and oxygen atoms in total. The van der Waals surface area contributed by atoms with Crippen molar-refractivity contribution in [2.24, 2.45) is 0 Å². The van der Waals surface area contributed by atoms with Gasteiger partial charge in [-0.3, -0.25) is 0 Å². The van der Waals surface area contributed by atoms with Crippen molar-refractivity contribution in [1.29, 1.82) is 0 Å². The summed E-state index contributed by atoms with van der Waals surface area (Å²) in [5, 5.41) is 19.1. The molecule has 0 radical (unpaired) electrons. The van der Waals surface area contributed by atoms with Crippen molar-refractivity contribution in [3.63, 3.8) is 0 Å². The largest absolute Gasteiger partial charge is 0.416 e. The summed E-state index contributed by atoms with van der Waals surface area (Å²) in [5.74, 6) is 0. The number of aliphatic hydroxyl groups excluding tert-OH is 1. The van der Waals surface area contributed by atoms with Gasteiger partial charge in [0.2, 0.25) is 0 Å². The third kappa shape index (κ3) is 4.02. The molecule has 1 aromatic carbocycles. The molecule has 0 bridgehead atoms. The van der Waals surface area contributed by atoms with Crippen LogP contribution < -0.4 is 0 Å². The van der Waals surface area contributed by atoms with Crippen LogP contribution in [0.5, 0.6) is 0 Å². The van der Waals surface area contributed by atoms with Crippen LogP contribution in [0, 0.1) is 0 Å². The quantitative estimate of drug-likeness (QED) is 0.862. The van der Waals surface area contributed by atoms with Crippen molar-refractivity contribution < 1.29 is 23.4 Å². The van der Waals surface area contributed by atoms with Gasteiger partial charge in [-0.1, -0.05) is 18.2 Å². The molecular weight excluding hydrogens is 233 g/mol. The van der Waals surface area contributed by atoms with Crippen LogP contribution in [0.25, 0.3) is 0 Å². The minimum Gasteiger partial charge on any atom is -0.390 e. The topological polar surface area (TPSA) is 40.5 Å². The molecule has 1 unspecified atom stereocenters. The molecule has 0 aliphatic carbocycles. The molecule has 1 aromatic rings. The molecule has 0 amide bonds. The van der Waals surface area contributed by atoms with Gasteiger partial charge in [0.1, 0.15) is 0 Å². The predicted octanol–water partition coefficient (Wildman–Crippen LogP) is 2.38. The van der Waals surface area contributed by atoms with E-state index in [0.717, 1.165) is 12.1 Å². The Morgan fingerprint density at radius 2 is 1.82 bits per heavy atom. The zero-order valence-electron chi connectivity index (χ0n) is 9.62. The van der Waals surface area contributed by atoms with Gasteiger partial charge in [-0.2, -0.15) is 13.2 Å². The summed E-state index contributed by atoms with van der Waals surface area (Å²) in [4.78, 5) is 0. The third-order valence-electron chi connectivity index (χ3n) is 2.50. The molecule has 0 aliphatic heterocycles. The van der Waals surface area contributed by atoms with Crippen LogP contribution in [0.2, 0.25) is 0 Å². The van der Waals surface area contributed by atoms with Crippen LogP contribution in [-0.4, -0.2) is 21.9 Å². The number of hydrogen-bond donors (Lipinski definition) is 2. The first-order chi connectivity index (χ1) is 7.60. The molecule has 0 spiro atoms. The maximum atomic E-state index is 12.4. The lowest BCUT2D eigenvalue weighted by Gasteiger charge is -2.24. The molecule has 17 heavy (non-hydrogen) atoms. The van der Waals surface area contributed by atoms with E-state index in [-0.39, 0.29) is 6.42 Å². The van der Waals surface area contributed by atoms with Crippen LogP contribution >= 0.6 is 0 Å². The van der Waals surface area contributed by atoms with Crippen molar-refractivity contribution in [3.05, 3.63) is 35.4 Å². The summed E-state index contributed by atoms with van der Waals surface area (Å²) in [7, 11) is 0. The van der Waals surface area contributed by atoms with Crippen molar-refractivity contribution in [2.75, 3.05) is 0 Å². The van der Waals surface area contributed by atoms with Crippen molar-refractivity contribution in [3.8, 4) is 0 Å². The third-order valence-corrected chi connectivity index (χ3v) is 2.50. The summed E-state index contributed by atoms with van der Waals surface area (Å²) >= 11 is 0. The lowest BCUT2D eigenvalue weighted by molar-refractivity contribution is -0.137. The Morgan fingerprint density at radius 1 is 1.24 bits per heavy atom. The van der Waals surface area contributed by atoms with Gasteiger partial charge in [0, 0.05) is 6.42 Å². The van der Waals surface area contributed by atoms with Crippen molar-refractivity contribution >= 4 is 0 Å². The lowest BCUT2D eigenvalue weighted by atomic mass is 9.94. The van der Waals surface area contributed by atoms with Gasteiger partial charge in [-0.15, -0.1) is 0 Å². The average molecular weight is 248 g/mol. The van der Waals surface area contributed by atoms with Gasteiger partial charge in [-0.25, -0.2) is 0 Å². The van der Waals surface area contributed by atoms with E-state index in [9.17, 15) is 23.4 Å². The first-order valence-corrected chi connectivity index (χ1v) is 5.17. The highest BCUT2D eigenvalue weighted by molar-refractivity contribution is 5.26. The van der Waals surface area contributed by atoms with Crippen LogP contribution in [0.3, 0.4) is 0 Å². The number of rotatable bonds is 3. The Labute approximate surface area is 97.7 Å².